The monoisotopic (exact) mass is 348 g/mol. The van der Waals surface area contributed by atoms with Gasteiger partial charge in [-0.25, -0.2) is 0 Å². The molecule has 1 rings (SSSR count). The molecule has 1 N–H and O–H groups in total. The molecule has 6 nitrogen and oxygen atoms in total. The fraction of sp³-hybridized carbons (Fsp3) is 0.273. The van der Waals surface area contributed by atoms with E-state index in [9.17, 15) is 19.7 Å². The molecule has 0 radical (unpaired) electrons. The molecule has 0 spiro atoms. The van der Waals surface area contributed by atoms with Crippen molar-refractivity contribution in [2.24, 2.45) is 0 Å². The lowest BCUT2D eigenvalue weighted by atomic mass is 10.0. The maximum Gasteiger partial charge on any atom is 0.304 e. The standard InChI is InChI=1S/C11H10BrClN2O4/c1-5-3-7(12)10(14-6(2)16)11(15(18)19)9(5)8(17)4-13/h3H,4H2,1-2H3,(H,14,16). The summed E-state index contributed by atoms with van der Waals surface area (Å²) in [6.07, 6.45) is 0. The second kappa shape index (κ2) is 6.12. The first-order valence-corrected chi connectivity index (χ1v) is 6.46. The number of aryl methyl sites for hydroxylation is 1. The summed E-state index contributed by atoms with van der Waals surface area (Å²) in [5.74, 6) is -1.41. The number of rotatable bonds is 4. The number of halogens is 2. The van der Waals surface area contributed by atoms with Crippen molar-refractivity contribution in [1.29, 1.82) is 0 Å². The Morgan fingerprint density at radius 3 is 2.53 bits per heavy atom. The highest BCUT2D eigenvalue weighted by molar-refractivity contribution is 9.10. The molecule has 0 atom stereocenters. The molecule has 0 saturated carbocycles. The highest BCUT2D eigenvalue weighted by Gasteiger charge is 2.29. The predicted molar refractivity (Wildman–Crippen MR) is 74.9 cm³/mol. The number of alkyl halides is 1. The number of hydrogen-bond donors (Lipinski definition) is 1. The van der Waals surface area contributed by atoms with E-state index in [2.05, 4.69) is 21.2 Å². The van der Waals surface area contributed by atoms with Crippen LogP contribution in [-0.4, -0.2) is 22.5 Å². The molecule has 19 heavy (non-hydrogen) atoms. The van der Waals surface area contributed by atoms with Gasteiger partial charge in [0.15, 0.2) is 5.78 Å². The molecule has 0 unspecified atom stereocenters. The van der Waals surface area contributed by atoms with Crippen molar-refractivity contribution in [2.75, 3.05) is 11.2 Å². The number of hydrogen-bond acceptors (Lipinski definition) is 4. The van der Waals surface area contributed by atoms with E-state index in [1.807, 2.05) is 0 Å². The van der Waals surface area contributed by atoms with E-state index in [0.29, 0.717) is 10.0 Å². The lowest BCUT2D eigenvalue weighted by Crippen LogP contribution is -2.14. The van der Waals surface area contributed by atoms with E-state index < -0.39 is 22.3 Å². The third-order valence-electron chi connectivity index (χ3n) is 2.33. The molecule has 102 valence electrons. The topological polar surface area (TPSA) is 89.3 Å². The largest absolute Gasteiger partial charge is 0.320 e. The van der Waals surface area contributed by atoms with Gasteiger partial charge >= 0.3 is 5.69 Å². The van der Waals surface area contributed by atoms with Crippen molar-refractivity contribution < 1.29 is 14.5 Å². The molecule has 0 fully saturated rings. The second-order valence-electron chi connectivity index (χ2n) is 3.77. The second-order valence-corrected chi connectivity index (χ2v) is 4.89. The molecule has 0 aliphatic heterocycles. The van der Waals surface area contributed by atoms with E-state index in [4.69, 9.17) is 11.6 Å². The van der Waals surface area contributed by atoms with Crippen LogP contribution in [0.15, 0.2) is 10.5 Å². The molecule has 1 amide bonds. The van der Waals surface area contributed by atoms with Gasteiger partial charge in [-0.2, -0.15) is 0 Å². The van der Waals surface area contributed by atoms with E-state index in [1.165, 1.54) is 13.0 Å². The highest BCUT2D eigenvalue weighted by atomic mass is 79.9. The number of carbonyl (C=O) groups excluding carboxylic acids is 2. The quantitative estimate of drug-likeness (QED) is 0.391. The van der Waals surface area contributed by atoms with Gasteiger partial charge in [-0.3, -0.25) is 19.7 Å². The Balaban J connectivity index is 3.67. The number of nitro benzene ring substituents is 1. The van der Waals surface area contributed by atoms with E-state index >= 15 is 0 Å². The van der Waals surface area contributed by atoms with E-state index in [-0.39, 0.29) is 17.1 Å². The minimum Gasteiger partial charge on any atom is -0.320 e. The van der Waals surface area contributed by atoms with Crippen molar-refractivity contribution in [2.45, 2.75) is 13.8 Å². The molecular weight excluding hydrogens is 339 g/mol. The minimum atomic E-state index is -0.706. The maximum atomic E-state index is 11.7. The van der Waals surface area contributed by atoms with Crippen molar-refractivity contribution >= 4 is 50.6 Å². The zero-order chi connectivity index (χ0) is 14.7. The van der Waals surface area contributed by atoms with Gasteiger partial charge in [0.05, 0.1) is 10.8 Å². The van der Waals surface area contributed by atoms with Gasteiger partial charge < -0.3 is 5.32 Å². The van der Waals surface area contributed by atoms with Crippen LogP contribution in [0.4, 0.5) is 11.4 Å². The zero-order valence-electron chi connectivity index (χ0n) is 10.1. The van der Waals surface area contributed by atoms with Crippen LogP contribution in [0, 0.1) is 17.0 Å². The number of ketones is 1. The maximum absolute atomic E-state index is 11.7. The Labute approximate surface area is 122 Å². The van der Waals surface area contributed by atoms with Crippen molar-refractivity contribution in [3.8, 4) is 0 Å². The van der Waals surface area contributed by atoms with Crippen molar-refractivity contribution in [3.05, 3.63) is 31.8 Å². The first-order valence-electron chi connectivity index (χ1n) is 5.13. The summed E-state index contributed by atoms with van der Waals surface area (Å²) in [6, 6.07) is 1.53. The number of anilines is 1. The van der Waals surface area contributed by atoms with Crippen LogP contribution >= 0.6 is 27.5 Å². The number of benzene rings is 1. The third-order valence-corrected chi connectivity index (χ3v) is 3.20. The summed E-state index contributed by atoms with van der Waals surface area (Å²) in [5.41, 5.74) is -0.172. The average Bonchev–Trinajstić information content (AvgIpc) is 2.30. The summed E-state index contributed by atoms with van der Waals surface area (Å²) in [7, 11) is 0. The van der Waals surface area contributed by atoms with Gasteiger partial charge in [-0.1, -0.05) is 0 Å². The van der Waals surface area contributed by atoms with Gasteiger partial charge in [-0.05, 0) is 34.5 Å². The highest BCUT2D eigenvalue weighted by Crippen LogP contribution is 2.38. The van der Waals surface area contributed by atoms with Crippen LogP contribution in [0.1, 0.15) is 22.8 Å². The first-order chi connectivity index (χ1) is 8.79. The molecular formula is C11H10BrClN2O4. The molecule has 1 aromatic rings. The van der Waals surface area contributed by atoms with Crippen LogP contribution in [0.3, 0.4) is 0 Å². The van der Waals surface area contributed by atoms with Crippen molar-refractivity contribution in [3.63, 3.8) is 0 Å². The normalized spacial score (nSPS) is 10.1. The summed E-state index contributed by atoms with van der Waals surface area (Å²) >= 11 is 8.60. The Bertz CT molecular complexity index is 574. The van der Waals surface area contributed by atoms with Crippen LogP contribution in [0.2, 0.25) is 0 Å². The van der Waals surface area contributed by atoms with Crippen molar-refractivity contribution in [1.82, 2.24) is 0 Å². The summed E-state index contributed by atoms with van der Waals surface area (Å²) in [4.78, 5) is 33.3. The molecule has 1 aromatic carbocycles. The fourth-order valence-corrected chi connectivity index (χ4v) is 2.42. The lowest BCUT2D eigenvalue weighted by Gasteiger charge is -2.11. The smallest absolute Gasteiger partial charge is 0.304 e. The number of Topliss-reactive ketones (excluding diaryl/α,β-unsaturated/α-hetero) is 1. The van der Waals surface area contributed by atoms with Crippen LogP contribution in [0.5, 0.6) is 0 Å². The molecule has 0 aliphatic carbocycles. The Morgan fingerprint density at radius 1 is 1.53 bits per heavy atom. The molecule has 0 heterocycles. The molecule has 0 aromatic heterocycles. The summed E-state index contributed by atoms with van der Waals surface area (Å²) in [5, 5.41) is 13.5. The summed E-state index contributed by atoms with van der Waals surface area (Å²) < 4.78 is 0.332. The van der Waals surface area contributed by atoms with Crippen LogP contribution in [0.25, 0.3) is 0 Å². The molecule has 0 aliphatic rings. The SMILES string of the molecule is CC(=O)Nc1c(Br)cc(C)c(C(=O)CCl)c1[N+](=O)[O-]. The zero-order valence-corrected chi connectivity index (χ0v) is 12.5. The number of nitrogens with one attached hydrogen (secondary N) is 1. The lowest BCUT2D eigenvalue weighted by molar-refractivity contribution is -0.384. The molecule has 0 saturated heterocycles. The van der Waals surface area contributed by atoms with Gasteiger partial charge in [0, 0.05) is 11.4 Å². The number of carbonyl (C=O) groups is 2. The number of amides is 1. The first kappa shape index (κ1) is 15.6. The van der Waals surface area contributed by atoms with Crippen LogP contribution in [-0.2, 0) is 4.79 Å². The minimum absolute atomic E-state index is 0.0448. The summed E-state index contributed by atoms with van der Waals surface area (Å²) in [6.45, 7) is 2.79. The molecule has 8 heteroatoms. The predicted octanol–water partition coefficient (Wildman–Crippen LogP) is 3.05. The molecule has 0 bridgehead atoms. The van der Waals surface area contributed by atoms with Crippen LogP contribution < -0.4 is 5.32 Å². The fourth-order valence-electron chi connectivity index (χ4n) is 1.66. The number of nitrogens with zero attached hydrogens (tertiary/aromatic N) is 1. The van der Waals surface area contributed by atoms with E-state index in [0.717, 1.165) is 0 Å². The third kappa shape index (κ3) is 3.30. The number of nitro groups is 1. The van der Waals surface area contributed by atoms with Gasteiger partial charge in [0.1, 0.15) is 11.3 Å². The Hall–Kier alpha value is -1.47. The average molecular weight is 350 g/mol. The Morgan fingerprint density at radius 2 is 2.11 bits per heavy atom. The van der Waals surface area contributed by atoms with Gasteiger partial charge in [-0.15, -0.1) is 11.6 Å². The van der Waals surface area contributed by atoms with Gasteiger partial charge in [0.25, 0.3) is 0 Å². The van der Waals surface area contributed by atoms with Gasteiger partial charge in [0.2, 0.25) is 5.91 Å². The Kier molecular flexibility index (Phi) is 5.02. The van der Waals surface area contributed by atoms with E-state index in [1.54, 1.807) is 6.92 Å².